The summed E-state index contributed by atoms with van der Waals surface area (Å²) in [6.45, 7) is 2.61. The predicted octanol–water partition coefficient (Wildman–Crippen LogP) is 0.935. The molecule has 0 radical (unpaired) electrons. The Bertz CT molecular complexity index is 454. The molecule has 0 aliphatic carbocycles. The van der Waals surface area contributed by atoms with E-state index in [2.05, 4.69) is 4.90 Å². The van der Waals surface area contributed by atoms with Gasteiger partial charge in [-0.1, -0.05) is 0 Å². The number of carboxylic acids is 1. The van der Waals surface area contributed by atoms with Crippen LogP contribution in [0.3, 0.4) is 0 Å². The van der Waals surface area contributed by atoms with Gasteiger partial charge < -0.3 is 15.1 Å². The number of aliphatic hydroxyl groups is 1. The predicted molar refractivity (Wildman–Crippen MR) is 84.9 cm³/mol. The van der Waals surface area contributed by atoms with Crippen molar-refractivity contribution in [1.29, 1.82) is 0 Å². The minimum absolute atomic E-state index is 0.0937. The second-order valence-electron chi connectivity index (χ2n) is 7.29. The van der Waals surface area contributed by atoms with E-state index in [0.29, 0.717) is 24.3 Å². The van der Waals surface area contributed by atoms with E-state index in [1.165, 1.54) is 6.42 Å². The summed E-state index contributed by atoms with van der Waals surface area (Å²) in [6, 6.07) is 0.645. The van der Waals surface area contributed by atoms with Gasteiger partial charge >= 0.3 is 5.97 Å². The number of likely N-dealkylation sites (tertiary alicyclic amines) is 1. The Morgan fingerprint density at radius 2 is 1.87 bits per heavy atom. The van der Waals surface area contributed by atoms with Crippen LogP contribution in [0.4, 0.5) is 0 Å². The molecule has 2 N–H and O–H groups in total. The van der Waals surface area contributed by atoms with E-state index >= 15 is 0 Å². The van der Waals surface area contributed by atoms with E-state index in [1.807, 2.05) is 4.90 Å². The molecule has 0 saturated carbocycles. The smallest absolute Gasteiger partial charge is 0.303 e. The van der Waals surface area contributed by atoms with Crippen molar-refractivity contribution in [3.8, 4) is 0 Å². The number of aliphatic carboxylic acids is 1. The average molecular weight is 324 g/mol. The standard InChI is InChI=1S/C17H28N2O4/c20-11-15(21)19-10-12-4-2-8-18-9-3-5-13(17(12)18)14(19)6-1-7-16(22)23/h12-14,17,20H,1-11H2,(H,22,23)/t12-,13+,14+,17-/m0/s1. The van der Waals surface area contributed by atoms with Crippen molar-refractivity contribution in [2.45, 2.75) is 57.0 Å². The third-order valence-corrected chi connectivity index (χ3v) is 6.02. The van der Waals surface area contributed by atoms with Crippen LogP contribution in [0.25, 0.3) is 0 Å². The molecule has 0 bridgehead atoms. The zero-order chi connectivity index (χ0) is 16.4. The van der Waals surface area contributed by atoms with Crippen LogP contribution in [0, 0.1) is 11.8 Å². The molecule has 0 aromatic rings. The molecule has 1 amide bonds. The highest BCUT2D eigenvalue weighted by Gasteiger charge is 2.49. The summed E-state index contributed by atoms with van der Waals surface area (Å²) in [5.41, 5.74) is 0. The number of carbonyl (C=O) groups excluding carboxylic acids is 1. The van der Waals surface area contributed by atoms with Gasteiger partial charge in [-0.3, -0.25) is 14.5 Å². The monoisotopic (exact) mass is 324 g/mol. The fraction of sp³-hybridized carbons (Fsp3) is 0.882. The summed E-state index contributed by atoms with van der Waals surface area (Å²) in [5.74, 6) is -0.0134. The molecule has 0 aromatic heterocycles. The first-order chi connectivity index (χ1) is 11.1. The minimum atomic E-state index is -0.776. The topological polar surface area (TPSA) is 81.1 Å². The molecule has 0 spiro atoms. The zero-order valence-electron chi connectivity index (χ0n) is 13.7. The van der Waals surface area contributed by atoms with Crippen LogP contribution in [0.1, 0.15) is 44.9 Å². The Morgan fingerprint density at radius 3 is 2.57 bits per heavy atom. The number of piperidine rings is 3. The van der Waals surface area contributed by atoms with E-state index in [9.17, 15) is 14.7 Å². The Hall–Kier alpha value is -1.14. The molecule has 6 heteroatoms. The SMILES string of the molecule is O=C(O)CCC[C@@H]1[C@H]2CCCN3CCC[C@@H](CN1C(=O)CO)[C@@H]23. The molecule has 23 heavy (non-hydrogen) atoms. The molecule has 3 saturated heterocycles. The van der Waals surface area contributed by atoms with E-state index in [-0.39, 0.29) is 18.4 Å². The van der Waals surface area contributed by atoms with Crippen molar-refractivity contribution >= 4 is 11.9 Å². The second-order valence-corrected chi connectivity index (χ2v) is 7.29. The third-order valence-electron chi connectivity index (χ3n) is 6.02. The molecule has 3 aliphatic rings. The number of hydrogen-bond acceptors (Lipinski definition) is 4. The van der Waals surface area contributed by atoms with Gasteiger partial charge in [0.1, 0.15) is 6.61 Å². The van der Waals surface area contributed by atoms with Gasteiger partial charge in [0.15, 0.2) is 0 Å². The van der Waals surface area contributed by atoms with Gasteiger partial charge in [0.25, 0.3) is 0 Å². The molecule has 0 aromatic carbocycles. The Labute approximate surface area is 137 Å². The largest absolute Gasteiger partial charge is 0.481 e. The fourth-order valence-electron chi connectivity index (χ4n) is 5.21. The summed E-state index contributed by atoms with van der Waals surface area (Å²) < 4.78 is 0. The van der Waals surface area contributed by atoms with Crippen molar-refractivity contribution in [1.82, 2.24) is 9.80 Å². The van der Waals surface area contributed by atoms with Crippen LogP contribution < -0.4 is 0 Å². The summed E-state index contributed by atoms with van der Waals surface area (Å²) in [7, 11) is 0. The van der Waals surface area contributed by atoms with E-state index in [1.54, 1.807) is 0 Å². The maximum atomic E-state index is 12.3. The molecule has 3 aliphatic heterocycles. The summed E-state index contributed by atoms with van der Waals surface area (Å²) in [4.78, 5) is 27.6. The lowest BCUT2D eigenvalue weighted by Crippen LogP contribution is -2.65. The van der Waals surface area contributed by atoms with E-state index < -0.39 is 12.6 Å². The molecule has 130 valence electrons. The van der Waals surface area contributed by atoms with Crippen molar-refractivity contribution in [2.75, 3.05) is 26.2 Å². The van der Waals surface area contributed by atoms with Crippen molar-refractivity contribution < 1.29 is 19.8 Å². The van der Waals surface area contributed by atoms with Gasteiger partial charge in [0.05, 0.1) is 0 Å². The number of amides is 1. The lowest BCUT2D eigenvalue weighted by molar-refractivity contribution is -0.149. The Balaban J connectivity index is 1.78. The Kier molecular flexibility index (Phi) is 5.21. The van der Waals surface area contributed by atoms with Crippen LogP contribution in [-0.2, 0) is 9.59 Å². The Morgan fingerprint density at radius 1 is 1.13 bits per heavy atom. The summed E-state index contributed by atoms with van der Waals surface area (Å²) in [5, 5.41) is 18.2. The van der Waals surface area contributed by atoms with Gasteiger partial charge in [0, 0.05) is 25.0 Å². The van der Waals surface area contributed by atoms with Crippen LogP contribution in [-0.4, -0.2) is 70.2 Å². The first-order valence-corrected chi connectivity index (χ1v) is 8.98. The number of aliphatic hydroxyl groups excluding tert-OH is 1. The maximum Gasteiger partial charge on any atom is 0.303 e. The average Bonchev–Trinajstić information content (AvgIpc) is 2.56. The maximum absolute atomic E-state index is 12.3. The quantitative estimate of drug-likeness (QED) is 0.786. The van der Waals surface area contributed by atoms with Crippen LogP contribution >= 0.6 is 0 Å². The molecule has 3 fully saturated rings. The van der Waals surface area contributed by atoms with Crippen LogP contribution in [0.2, 0.25) is 0 Å². The van der Waals surface area contributed by atoms with Crippen molar-refractivity contribution in [3.05, 3.63) is 0 Å². The normalized spacial score (nSPS) is 34.0. The van der Waals surface area contributed by atoms with Crippen molar-refractivity contribution in [2.24, 2.45) is 11.8 Å². The summed E-state index contributed by atoms with van der Waals surface area (Å²) in [6.07, 6.45) is 6.12. The second kappa shape index (κ2) is 7.18. The number of carbonyl (C=O) groups is 2. The molecule has 0 unspecified atom stereocenters. The molecule has 3 rings (SSSR count). The fourth-order valence-corrected chi connectivity index (χ4v) is 5.21. The highest BCUT2D eigenvalue weighted by atomic mass is 16.4. The highest BCUT2D eigenvalue weighted by Crippen LogP contribution is 2.43. The molecular formula is C17H28N2O4. The highest BCUT2D eigenvalue weighted by molar-refractivity contribution is 5.77. The van der Waals surface area contributed by atoms with Gasteiger partial charge in [-0.05, 0) is 63.5 Å². The van der Waals surface area contributed by atoms with E-state index in [0.717, 1.165) is 45.3 Å². The lowest BCUT2D eigenvalue weighted by Gasteiger charge is -2.57. The number of hydrogen-bond donors (Lipinski definition) is 2. The molecule has 3 heterocycles. The summed E-state index contributed by atoms with van der Waals surface area (Å²) >= 11 is 0. The first-order valence-electron chi connectivity index (χ1n) is 8.98. The molecular weight excluding hydrogens is 296 g/mol. The lowest BCUT2D eigenvalue weighted by atomic mass is 9.69. The van der Waals surface area contributed by atoms with Gasteiger partial charge in [-0.2, -0.15) is 0 Å². The molecule has 4 atom stereocenters. The minimum Gasteiger partial charge on any atom is -0.481 e. The number of carboxylic acid groups (broad SMARTS) is 1. The number of nitrogens with zero attached hydrogens (tertiary/aromatic N) is 2. The van der Waals surface area contributed by atoms with Gasteiger partial charge in [-0.25, -0.2) is 0 Å². The third kappa shape index (κ3) is 3.38. The van der Waals surface area contributed by atoms with Crippen molar-refractivity contribution in [3.63, 3.8) is 0 Å². The number of rotatable bonds is 5. The van der Waals surface area contributed by atoms with Gasteiger partial charge in [0.2, 0.25) is 5.91 Å². The van der Waals surface area contributed by atoms with Crippen LogP contribution in [0.15, 0.2) is 0 Å². The molecule has 6 nitrogen and oxygen atoms in total. The van der Waals surface area contributed by atoms with Crippen LogP contribution in [0.5, 0.6) is 0 Å². The first kappa shape index (κ1) is 16.7. The zero-order valence-corrected chi connectivity index (χ0v) is 13.7. The van der Waals surface area contributed by atoms with E-state index in [4.69, 9.17) is 5.11 Å². The van der Waals surface area contributed by atoms with Gasteiger partial charge in [-0.15, -0.1) is 0 Å².